The second kappa shape index (κ2) is 5.70. The molecule has 0 radical (unpaired) electrons. The highest BCUT2D eigenvalue weighted by Gasteiger charge is 2.28. The molecule has 1 aliphatic heterocycles. The lowest BCUT2D eigenvalue weighted by molar-refractivity contribution is -0.0483. The number of rotatable bonds is 2. The van der Waals surface area contributed by atoms with E-state index in [1.807, 2.05) is 20.8 Å². The van der Waals surface area contributed by atoms with Crippen molar-refractivity contribution in [3.63, 3.8) is 0 Å². The molecule has 20 heavy (non-hydrogen) atoms. The Balaban J connectivity index is 1.90. The molecule has 7 heteroatoms. The number of hydrogen-bond acceptors (Lipinski definition) is 5. The highest BCUT2D eigenvalue weighted by atomic mass is 16.6. The minimum atomic E-state index is -0.485. The Labute approximate surface area is 118 Å². The second-order valence-corrected chi connectivity index (χ2v) is 5.91. The Morgan fingerprint density at radius 3 is 2.95 bits per heavy atom. The summed E-state index contributed by atoms with van der Waals surface area (Å²) in [6.45, 7) is 7.68. The van der Waals surface area contributed by atoms with Gasteiger partial charge < -0.3 is 20.1 Å². The third-order valence-electron chi connectivity index (χ3n) is 2.83. The van der Waals surface area contributed by atoms with Crippen LogP contribution in [0, 0.1) is 0 Å². The highest BCUT2D eigenvalue weighted by Crippen LogP contribution is 2.14. The molecule has 7 nitrogen and oxygen atoms in total. The molecule has 1 aromatic heterocycles. The van der Waals surface area contributed by atoms with E-state index in [2.05, 4.69) is 5.10 Å². The number of carbonyl (C=O) groups excluding carboxylic acids is 1. The van der Waals surface area contributed by atoms with Crippen LogP contribution in [0.1, 0.15) is 20.8 Å². The van der Waals surface area contributed by atoms with Gasteiger partial charge in [-0.25, -0.2) is 4.79 Å². The maximum absolute atomic E-state index is 12.0. The van der Waals surface area contributed by atoms with E-state index in [0.717, 1.165) is 0 Å². The summed E-state index contributed by atoms with van der Waals surface area (Å²) in [6, 6.07) is 0. The molecule has 1 aromatic rings. The first-order valence-electron chi connectivity index (χ1n) is 6.71. The van der Waals surface area contributed by atoms with E-state index in [1.165, 1.54) is 0 Å². The number of anilines is 1. The summed E-state index contributed by atoms with van der Waals surface area (Å²) < 4.78 is 12.7. The Morgan fingerprint density at radius 1 is 1.60 bits per heavy atom. The summed E-state index contributed by atoms with van der Waals surface area (Å²) in [7, 11) is 0. The van der Waals surface area contributed by atoms with Crippen LogP contribution in [0.25, 0.3) is 0 Å². The van der Waals surface area contributed by atoms with Crippen molar-refractivity contribution in [3.05, 3.63) is 12.4 Å². The van der Waals surface area contributed by atoms with Crippen molar-refractivity contribution >= 4 is 11.8 Å². The predicted molar refractivity (Wildman–Crippen MR) is 74.2 cm³/mol. The average molecular weight is 282 g/mol. The van der Waals surface area contributed by atoms with Gasteiger partial charge in [-0.2, -0.15) is 5.10 Å². The summed E-state index contributed by atoms with van der Waals surface area (Å²) in [5.41, 5.74) is 5.75. The van der Waals surface area contributed by atoms with Gasteiger partial charge in [-0.1, -0.05) is 0 Å². The van der Waals surface area contributed by atoms with Gasteiger partial charge >= 0.3 is 6.09 Å². The largest absolute Gasteiger partial charge is 0.444 e. The number of carbonyl (C=O) groups is 1. The molecular weight excluding hydrogens is 260 g/mol. The molecule has 2 heterocycles. The van der Waals surface area contributed by atoms with Crippen LogP contribution in [0.4, 0.5) is 10.5 Å². The highest BCUT2D eigenvalue weighted by molar-refractivity contribution is 5.68. The van der Waals surface area contributed by atoms with Crippen LogP contribution in [-0.2, 0) is 16.0 Å². The summed E-state index contributed by atoms with van der Waals surface area (Å²) >= 11 is 0. The lowest BCUT2D eigenvalue weighted by Crippen LogP contribution is -2.48. The maximum atomic E-state index is 12.0. The normalized spacial score (nSPS) is 19.9. The van der Waals surface area contributed by atoms with Gasteiger partial charge in [0.15, 0.2) is 0 Å². The van der Waals surface area contributed by atoms with Crippen LogP contribution in [0.3, 0.4) is 0 Å². The first kappa shape index (κ1) is 14.6. The summed E-state index contributed by atoms with van der Waals surface area (Å²) in [4.78, 5) is 13.7. The molecule has 1 saturated heterocycles. The zero-order chi connectivity index (χ0) is 14.8. The molecule has 0 saturated carbocycles. The Bertz CT molecular complexity index is 466. The van der Waals surface area contributed by atoms with E-state index in [0.29, 0.717) is 31.9 Å². The molecule has 0 spiro atoms. The lowest BCUT2D eigenvalue weighted by Gasteiger charge is -2.34. The number of amides is 1. The van der Waals surface area contributed by atoms with Crippen LogP contribution in [0.5, 0.6) is 0 Å². The molecule has 1 fully saturated rings. The number of morpholine rings is 1. The molecule has 2 rings (SSSR count). The van der Waals surface area contributed by atoms with Crippen molar-refractivity contribution in [2.45, 2.75) is 39.0 Å². The van der Waals surface area contributed by atoms with Gasteiger partial charge in [-0.3, -0.25) is 4.68 Å². The van der Waals surface area contributed by atoms with E-state index in [-0.39, 0.29) is 12.2 Å². The van der Waals surface area contributed by atoms with Crippen molar-refractivity contribution in [1.29, 1.82) is 0 Å². The molecule has 1 atom stereocenters. The molecule has 0 aliphatic carbocycles. The van der Waals surface area contributed by atoms with Crippen molar-refractivity contribution in [1.82, 2.24) is 14.7 Å². The number of nitrogens with two attached hydrogens (primary N) is 1. The molecule has 112 valence electrons. The molecule has 2 N–H and O–H groups in total. The third kappa shape index (κ3) is 4.12. The monoisotopic (exact) mass is 282 g/mol. The minimum absolute atomic E-state index is 0.101. The van der Waals surface area contributed by atoms with Gasteiger partial charge in [0.1, 0.15) is 5.60 Å². The number of aromatic nitrogens is 2. The third-order valence-corrected chi connectivity index (χ3v) is 2.83. The first-order chi connectivity index (χ1) is 9.33. The van der Waals surface area contributed by atoms with Crippen LogP contribution < -0.4 is 5.73 Å². The van der Waals surface area contributed by atoms with E-state index in [1.54, 1.807) is 22.0 Å². The van der Waals surface area contributed by atoms with Crippen molar-refractivity contribution < 1.29 is 14.3 Å². The van der Waals surface area contributed by atoms with Gasteiger partial charge in [0.2, 0.25) is 0 Å². The Kier molecular flexibility index (Phi) is 4.17. The number of ether oxygens (including phenoxy) is 2. The van der Waals surface area contributed by atoms with Crippen molar-refractivity contribution in [2.75, 3.05) is 25.4 Å². The van der Waals surface area contributed by atoms with Crippen LogP contribution >= 0.6 is 0 Å². The SMILES string of the molecule is CC(C)(C)OC(=O)N1CCO[C@@H](Cn2cc(N)cn2)C1. The Morgan fingerprint density at radius 2 is 2.35 bits per heavy atom. The van der Waals surface area contributed by atoms with Crippen LogP contribution in [0.2, 0.25) is 0 Å². The fourth-order valence-electron chi connectivity index (χ4n) is 2.01. The van der Waals surface area contributed by atoms with Gasteiger partial charge in [0.05, 0.1) is 37.7 Å². The van der Waals surface area contributed by atoms with Gasteiger partial charge in [-0.05, 0) is 20.8 Å². The van der Waals surface area contributed by atoms with Gasteiger partial charge in [-0.15, -0.1) is 0 Å². The van der Waals surface area contributed by atoms with E-state index in [9.17, 15) is 4.79 Å². The molecule has 0 unspecified atom stereocenters. The average Bonchev–Trinajstić information content (AvgIpc) is 2.73. The Hall–Kier alpha value is -1.76. The number of nitrogens with zero attached hydrogens (tertiary/aromatic N) is 3. The zero-order valence-corrected chi connectivity index (χ0v) is 12.2. The maximum Gasteiger partial charge on any atom is 0.410 e. The molecule has 1 aliphatic rings. The van der Waals surface area contributed by atoms with Gasteiger partial charge in [0, 0.05) is 12.7 Å². The topological polar surface area (TPSA) is 82.6 Å². The quantitative estimate of drug-likeness (QED) is 0.878. The predicted octanol–water partition coefficient (Wildman–Crippen LogP) is 1.10. The van der Waals surface area contributed by atoms with E-state index < -0.39 is 5.60 Å². The lowest BCUT2D eigenvalue weighted by atomic mass is 10.2. The number of hydrogen-bond donors (Lipinski definition) is 1. The standard InChI is InChI=1S/C13H22N4O3/c1-13(2,3)20-12(18)16-4-5-19-11(8-16)9-17-7-10(14)6-15-17/h6-7,11H,4-5,8-9,14H2,1-3H3/t11-/m1/s1. The van der Waals surface area contributed by atoms with Crippen LogP contribution in [-0.4, -0.2) is 52.2 Å². The van der Waals surface area contributed by atoms with Crippen molar-refractivity contribution in [3.8, 4) is 0 Å². The second-order valence-electron chi connectivity index (χ2n) is 5.91. The summed E-state index contributed by atoms with van der Waals surface area (Å²) in [5, 5.41) is 4.12. The minimum Gasteiger partial charge on any atom is -0.444 e. The first-order valence-corrected chi connectivity index (χ1v) is 6.71. The van der Waals surface area contributed by atoms with E-state index in [4.69, 9.17) is 15.2 Å². The summed E-state index contributed by atoms with van der Waals surface area (Å²) in [6.07, 6.45) is 2.94. The molecule has 0 bridgehead atoms. The molecule has 0 aromatic carbocycles. The molecular formula is C13H22N4O3. The van der Waals surface area contributed by atoms with Crippen molar-refractivity contribution in [2.24, 2.45) is 0 Å². The fraction of sp³-hybridized carbons (Fsp3) is 0.692. The zero-order valence-electron chi connectivity index (χ0n) is 12.2. The smallest absolute Gasteiger partial charge is 0.410 e. The van der Waals surface area contributed by atoms with Crippen LogP contribution in [0.15, 0.2) is 12.4 Å². The molecule has 1 amide bonds. The summed E-state index contributed by atoms with van der Waals surface area (Å²) in [5.74, 6) is 0. The van der Waals surface area contributed by atoms with E-state index >= 15 is 0 Å². The number of nitrogen functional groups attached to an aromatic ring is 1. The fourth-order valence-corrected chi connectivity index (χ4v) is 2.01. The van der Waals surface area contributed by atoms with Gasteiger partial charge in [0.25, 0.3) is 0 Å².